The molecule has 1 aromatic heterocycles. The number of nitrogens with zero attached hydrogens (tertiary/aromatic N) is 4. The molecule has 0 aliphatic heterocycles. The molecule has 0 amide bonds. The van der Waals surface area contributed by atoms with Gasteiger partial charge in [-0.15, -0.1) is 0 Å². The second-order valence-electron chi connectivity index (χ2n) is 6.51. The molecule has 1 N–H and O–H groups in total. The lowest BCUT2D eigenvalue weighted by Gasteiger charge is -2.26. The monoisotopic (exact) mass is 383 g/mol. The van der Waals surface area contributed by atoms with Gasteiger partial charge in [-0.2, -0.15) is 0 Å². The normalized spacial score (nSPS) is 16.3. The highest BCUT2D eigenvalue weighted by atomic mass is 79.9. The predicted molar refractivity (Wildman–Crippen MR) is 101 cm³/mol. The third-order valence-corrected chi connectivity index (χ3v) is 5.18. The molecule has 6 heteroatoms. The van der Waals surface area contributed by atoms with Gasteiger partial charge in [0.1, 0.15) is 0 Å². The van der Waals surface area contributed by atoms with Crippen molar-refractivity contribution >= 4 is 21.9 Å². The van der Waals surface area contributed by atoms with E-state index < -0.39 is 0 Å². The Hall–Kier alpha value is -1.01. The van der Waals surface area contributed by atoms with Crippen LogP contribution in [0.2, 0.25) is 0 Å². The molecular formula is C17H30BrN5. The van der Waals surface area contributed by atoms with E-state index in [1.165, 1.54) is 31.4 Å². The number of hydrogen-bond acceptors (Lipinski definition) is 2. The first-order valence-corrected chi connectivity index (χ1v) is 9.23. The van der Waals surface area contributed by atoms with E-state index in [9.17, 15) is 0 Å². The third-order valence-electron chi connectivity index (χ3n) is 4.74. The number of rotatable bonds is 6. The smallest absolute Gasteiger partial charge is 0.193 e. The van der Waals surface area contributed by atoms with Crippen molar-refractivity contribution in [3.8, 4) is 0 Å². The summed E-state index contributed by atoms with van der Waals surface area (Å²) in [4.78, 5) is 9.06. The Morgan fingerprint density at radius 3 is 2.65 bits per heavy atom. The summed E-state index contributed by atoms with van der Waals surface area (Å²) in [5, 5.41) is 3.48. The highest BCUT2D eigenvalue weighted by molar-refractivity contribution is 9.10. The zero-order chi connectivity index (χ0) is 16.8. The minimum Gasteiger partial charge on any atom is -0.355 e. The summed E-state index contributed by atoms with van der Waals surface area (Å²) in [6.07, 6.45) is 7.56. The van der Waals surface area contributed by atoms with Gasteiger partial charge in [-0.25, -0.2) is 0 Å². The number of aliphatic imine (C=N–C) groups is 1. The van der Waals surface area contributed by atoms with Gasteiger partial charge in [0.05, 0.1) is 6.54 Å². The maximum atomic E-state index is 4.41. The lowest BCUT2D eigenvalue weighted by atomic mass is 10.2. The number of hydrogen-bond donors (Lipinski definition) is 1. The first-order chi connectivity index (χ1) is 11.0. The van der Waals surface area contributed by atoms with E-state index in [1.54, 1.807) is 0 Å². The van der Waals surface area contributed by atoms with Crippen LogP contribution in [0, 0.1) is 0 Å². The van der Waals surface area contributed by atoms with E-state index in [0.717, 1.165) is 36.1 Å². The van der Waals surface area contributed by atoms with E-state index in [4.69, 9.17) is 0 Å². The summed E-state index contributed by atoms with van der Waals surface area (Å²) in [7, 11) is 8.24. The Morgan fingerprint density at radius 2 is 2.09 bits per heavy atom. The fourth-order valence-electron chi connectivity index (χ4n) is 3.30. The molecule has 0 atom stereocenters. The van der Waals surface area contributed by atoms with Crippen molar-refractivity contribution in [2.45, 2.75) is 38.3 Å². The number of aromatic nitrogens is 1. The maximum Gasteiger partial charge on any atom is 0.193 e. The molecule has 0 aromatic carbocycles. The van der Waals surface area contributed by atoms with Crippen LogP contribution in [-0.4, -0.2) is 60.6 Å². The quantitative estimate of drug-likeness (QED) is 0.605. The van der Waals surface area contributed by atoms with Crippen molar-refractivity contribution in [3.05, 3.63) is 22.4 Å². The average Bonchev–Trinajstić information content (AvgIpc) is 3.14. The molecule has 5 nitrogen and oxygen atoms in total. The molecule has 0 unspecified atom stereocenters. The second-order valence-corrected chi connectivity index (χ2v) is 7.43. The van der Waals surface area contributed by atoms with Gasteiger partial charge in [0.15, 0.2) is 5.96 Å². The van der Waals surface area contributed by atoms with Crippen molar-refractivity contribution in [3.63, 3.8) is 0 Å². The van der Waals surface area contributed by atoms with Gasteiger partial charge in [0.2, 0.25) is 0 Å². The summed E-state index contributed by atoms with van der Waals surface area (Å²) >= 11 is 3.53. The minimum atomic E-state index is 0.775. The number of guanidine groups is 1. The number of aryl methyl sites for hydroxylation is 1. The van der Waals surface area contributed by atoms with Gasteiger partial charge in [0.25, 0.3) is 0 Å². The zero-order valence-corrected chi connectivity index (χ0v) is 16.4. The molecule has 23 heavy (non-hydrogen) atoms. The molecule has 1 heterocycles. The van der Waals surface area contributed by atoms with Crippen molar-refractivity contribution in [2.75, 3.05) is 34.2 Å². The summed E-state index contributed by atoms with van der Waals surface area (Å²) in [5.74, 6) is 0.946. The molecule has 1 aliphatic carbocycles. The van der Waals surface area contributed by atoms with Gasteiger partial charge in [-0.3, -0.25) is 4.99 Å². The van der Waals surface area contributed by atoms with Crippen LogP contribution in [-0.2, 0) is 13.6 Å². The topological polar surface area (TPSA) is 35.8 Å². The van der Waals surface area contributed by atoms with Gasteiger partial charge in [0, 0.05) is 56.6 Å². The van der Waals surface area contributed by atoms with E-state index >= 15 is 0 Å². The van der Waals surface area contributed by atoms with E-state index in [0.29, 0.717) is 0 Å². The summed E-state index contributed by atoms with van der Waals surface area (Å²) in [5.41, 5.74) is 1.25. The van der Waals surface area contributed by atoms with Crippen molar-refractivity contribution in [1.29, 1.82) is 0 Å². The largest absolute Gasteiger partial charge is 0.355 e. The minimum absolute atomic E-state index is 0.775. The molecule has 0 radical (unpaired) electrons. The average molecular weight is 384 g/mol. The van der Waals surface area contributed by atoms with Crippen LogP contribution in [0.3, 0.4) is 0 Å². The molecule has 1 saturated carbocycles. The van der Waals surface area contributed by atoms with Gasteiger partial charge in [-0.05, 0) is 41.9 Å². The second kappa shape index (κ2) is 8.73. The van der Waals surface area contributed by atoms with Gasteiger partial charge < -0.3 is 19.7 Å². The molecule has 0 saturated heterocycles. The fourth-order valence-corrected chi connectivity index (χ4v) is 3.87. The van der Waals surface area contributed by atoms with Gasteiger partial charge in [-0.1, -0.05) is 12.8 Å². The van der Waals surface area contributed by atoms with Crippen molar-refractivity contribution < 1.29 is 0 Å². The van der Waals surface area contributed by atoms with Crippen LogP contribution in [0.15, 0.2) is 21.7 Å². The molecule has 0 bridgehead atoms. The van der Waals surface area contributed by atoms with E-state index in [1.807, 2.05) is 7.05 Å². The van der Waals surface area contributed by atoms with E-state index in [2.05, 4.69) is 74.0 Å². The zero-order valence-electron chi connectivity index (χ0n) is 14.8. The van der Waals surface area contributed by atoms with Gasteiger partial charge >= 0.3 is 0 Å². The number of likely N-dealkylation sites (N-methyl/N-ethyl adjacent to an activating group) is 1. The molecular weight excluding hydrogens is 354 g/mol. The highest BCUT2D eigenvalue weighted by Crippen LogP contribution is 2.21. The number of nitrogens with one attached hydrogen (secondary N) is 1. The van der Waals surface area contributed by atoms with Crippen molar-refractivity contribution in [1.82, 2.24) is 19.7 Å². The molecule has 130 valence electrons. The first kappa shape index (κ1) is 18.3. The van der Waals surface area contributed by atoms with Crippen LogP contribution in [0.1, 0.15) is 31.4 Å². The van der Waals surface area contributed by atoms with Crippen molar-refractivity contribution in [2.24, 2.45) is 12.0 Å². The first-order valence-electron chi connectivity index (χ1n) is 8.44. The highest BCUT2D eigenvalue weighted by Gasteiger charge is 2.19. The Kier molecular flexibility index (Phi) is 6.96. The number of halogens is 1. The molecule has 0 spiro atoms. The Bertz CT molecular complexity index is 519. The predicted octanol–water partition coefficient (Wildman–Crippen LogP) is 2.67. The molecule has 1 aliphatic rings. The summed E-state index contributed by atoms with van der Waals surface area (Å²) < 4.78 is 3.26. The van der Waals surface area contributed by atoms with Crippen LogP contribution < -0.4 is 5.32 Å². The van der Waals surface area contributed by atoms with E-state index in [-0.39, 0.29) is 0 Å². The Balaban J connectivity index is 1.78. The standard InChI is InChI=1S/C17H30BrN5/c1-19-17(20-9-10-21(2)15-7-5-6-8-15)23(4)13-16-11-14(18)12-22(16)3/h11-12,15H,5-10,13H2,1-4H3,(H,19,20). The molecule has 1 fully saturated rings. The lowest BCUT2D eigenvalue weighted by Crippen LogP contribution is -2.43. The lowest BCUT2D eigenvalue weighted by molar-refractivity contribution is 0.248. The van der Waals surface area contributed by atoms with Crippen LogP contribution in [0.4, 0.5) is 0 Å². The van der Waals surface area contributed by atoms with Crippen LogP contribution in [0.5, 0.6) is 0 Å². The summed E-state index contributed by atoms with van der Waals surface area (Å²) in [6, 6.07) is 2.93. The summed E-state index contributed by atoms with van der Waals surface area (Å²) in [6.45, 7) is 2.83. The Labute approximate surface area is 148 Å². The molecule has 1 aromatic rings. The molecule has 2 rings (SSSR count). The maximum absolute atomic E-state index is 4.41. The van der Waals surface area contributed by atoms with Crippen LogP contribution >= 0.6 is 15.9 Å². The van der Waals surface area contributed by atoms with Crippen LogP contribution in [0.25, 0.3) is 0 Å². The SMILES string of the molecule is CN=C(NCCN(C)C1CCCC1)N(C)Cc1cc(Br)cn1C. The fraction of sp³-hybridized carbons (Fsp3) is 0.706. The Morgan fingerprint density at radius 1 is 1.39 bits per heavy atom. The third kappa shape index (κ3) is 5.24.